The van der Waals surface area contributed by atoms with Crippen molar-refractivity contribution in [3.63, 3.8) is 0 Å². The summed E-state index contributed by atoms with van der Waals surface area (Å²) in [5.41, 5.74) is 0.508. The first-order chi connectivity index (χ1) is 11.5. The molecule has 4 nitrogen and oxygen atoms in total. The summed E-state index contributed by atoms with van der Waals surface area (Å²) in [5, 5.41) is 6.74. The van der Waals surface area contributed by atoms with E-state index in [0.29, 0.717) is 22.4 Å². The zero-order valence-corrected chi connectivity index (χ0v) is 15.0. The predicted molar refractivity (Wildman–Crippen MR) is 94.9 cm³/mol. The summed E-state index contributed by atoms with van der Waals surface area (Å²) in [6.07, 6.45) is 3.68. The Kier molecular flexibility index (Phi) is 5.14. The maximum atomic E-state index is 12.4. The van der Waals surface area contributed by atoms with Crippen LogP contribution in [0, 0.1) is 17.8 Å². The number of hydrogen-bond donors (Lipinski definition) is 2. The Bertz CT molecular complexity index is 634. The van der Waals surface area contributed by atoms with E-state index >= 15 is 0 Å². The molecule has 5 heteroatoms. The van der Waals surface area contributed by atoms with Gasteiger partial charge in [0.05, 0.1) is 10.6 Å². The molecule has 1 aliphatic carbocycles. The van der Waals surface area contributed by atoms with E-state index in [1.165, 1.54) is 0 Å². The van der Waals surface area contributed by atoms with Crippen LogP contribution in [0.3, 0.4) is 0 Å². The van der Waals surface area contributed by atoms with Crippen LogP contribution in [0.4, 0.5) is 0 Å². The van der Waals surface area contributed by atoms with Crippen molar-refractivity contribution in [1.82, 2.24) is 10.6 Å². The van der Waals surface area contributed by atoms with Crippen molar-refractivity contribution in [3.05, 3.63) is 34.9 Å². The Morgan fingerprint density at radius 3 is 2.79 bits per heavy atom. The SMILES string of the molecule is CCC1C(=O)NC2CC(NC(=O)c3ccccc3Cl)CCC2C1C. The summed E-state index contributed by atoms with van der Waals surface area (Å²) in [7, 11) is 0. The molecule has 2 amide bonds. The van der Waals surface area contributed by atoms with Gasteiger partial charge in [-0.15, -0.1) is 0 Å². The lowest BCUT2D eigenvalue weighted by molar-refractivity contribution is -0.133. The number of hydrogen-bond acceptors (Lipinski definition) is 2. The lowest BCUT2D eigenvalue weighted by atomic mass is 9.67. The van der Waals surface area contributed by atoms with Gasteiger partial charge in [-0.05, 0) is 49.7 Å². The van der Waals surface area contributed by atoms with E-state index in [2.05, 4.69) is 24.5 Å². The second kappa shape index (κ2) is 7.14. The third kappa shape index (κ3) is 3.30. The number of rotatable bonds is 3. The van der Waals surface area contributed by atoms with Crippen LogP contribution in [0.1, 0.15) is 49.9 Å². The molecule has 130 valence electrons. The molecule has 1 heterocycles. The topological polar surface area (TPSA) is 58.2 Å². The predicted octanol–water partition coefficient (Wildman–Crippen LogP) is 3.40. The van der Waals surface area contributed by atoms with Gasteiger partial charge in [-0.25, -0.2) is 0 Å². The van der Waals surface area contributed by atoms with Crippen molar-refractivity contribution < 1.29 is 9.59 Å². The van der Waals surface area contributed by atoms with E-state index < -0.39 is 0 Å². The maximum absolute atomic E-state index is 12.4. The van der Waals surface area contributed by atoms with Crippen LogP contribution in [0.15, 0.2) is 24.3 Å². The summed E-state index contributed by atoms with van der Waals surface area (Å²) >= 11 is 6.10. The number of halogens is 1. The van der Waals surface area contributed by atoms with E-state index in [1.54, 1.807) is 12.1 Å². The van der Waals surface area contributed by atoms with Gasteiger partial charge in [0.2, 0.25) is 5.91 Å². The molecule has 3 rings (SSSR count). The minimum Gasteiger partial charge on any atom is -0.353 e. The van der Waals surface area contributed by atoms with Gasteiger partial charge < -0.3 is 10.6 Å². The summed E-state index contributed by atoms with van der Waals surface area (Å²) < 4.78 is 0. The molecule has 1 saturated heterocycles. The second-order valence-corrected chi connectivity index (χ2v) is 7.52. The van der Waals surface area contributed by atoms with Crippen molar-refractivity contribution in [1.29, 1.82) is 0 Å². The molecule has 1 aromatic rings. The van der Waals surface area contributed by atoms with Gasteiger partial charge in [-0.2, -0.15) is 0 Å². The Labute approximate surface area is 148 Å². The first-order valence-corrected chi connectivity index (χ1v) is 9.24. The Morgan fingerprint density at radius 2 is 2.08 bits per heavy atom. The van der Waals surface area contributed by atoms with Gasteiger partial charge in [0.15, 0.2) is 0 Å². The summed E-state index contributed by atoms with van der Waals surface area (Å²) in [6, 6.07) is 7.33. The van der Waals surface area contributed by atoms with E-state index in [9.17, 15) is 9.59 Å². The normalized spacial score (nSPS) is 32.6. The summed E-state index contributed by atoms with van der Waals surface area (Å²) in [6.45, 7) is 4.28. The molecule has 1 aliphatic heterocycles. The number of amides is 2. The Balaban J connectivity index is 1.64. The van der Waals surface area contributed by atoms with Crippen molar-refractivity contribution in [2.45, 2.75) is 51.6 Å². The molecule has 1 aromatic carbocycles. The monoisotopic (exact) mass is 348 g/mol. The highest BCUT2D eigenvalue weighted by atomic mass is 35.5. The number of fused-ring (bicyclic) bond motifs is 1. The molecular weight excluding hydrogens is 324 g/mol. The maximum Gasteiger partial charge on any atom is 0.253 e. The molecule has 0 aromatic heterocycles. The number of nitrogens with one attached hydrogen (secondary N) is 2. The van der Waals surface area contributed by atoms with E-state index in [-0.39, 0.29) is 29.8 Å². The van der Waals surface area contributed by atoms with Crippen molar-refractivity contribution in [2.24, 2.45) is 17.8 Å². The van der Waals surface area contributed by atoms with Crippen LogP contribution in [0.2, 0.25) is 5.02 Å². The van der Waals surface area contributed by atoms with Crippen molar-refractivity contribution >= 4 is 23.4 Å². The highest BCUT2D eigenvalue weighted by Gasteiger charge is 2.43. The van der Waals surface area contributed by atoms with Gasteiger partial charge >= 0.3 is 0 Å². The smallest absolute Gasteiger partial charge is 0.253 e. The van der Waals surface area contributed by atoms with Crippen LogP contribution in [-0.4, -0.2) is 23.9 Å². The van der Waals surface area contributed by atoms with Gasteiger partial charge in [-0.1, -0.05) is 37.6 Å². The molecule has 0 bridgehead atoms. The largest absolute Gasteiger partial charge is 0.353 e. The highest BCUT2D eigenvalue weighted by Crippen LogP contribution is 2.39. The van der Waals surface area contributed by atoms with Gasteiger partial charge in [0.1, 0.15) is 0 Å². The molecule has 5 atom stereocenters. The molecular formula is C19H25ClN2O2. The third-order valence-corrected chi connectivity index (χ3v) is 6.10. The minimum atomic E-state index is -0.134. The fourth-order valence-corrected chi connectivity index (χ4v) is 4.63. The molecule has 24 heavy (non-hydrogen) atoms. The molecule has 2 N–H and O–H groups in total. The number of carbonyl (C=O) groups excluding carboxylic acids is 2. The zero-order chi connectivity index (χ0) is 17.3. The van der Waals surface area contributed by atoms with Crippen LogP contribution in [0.25, 0.3) is 0 Å². The fourth-order valence-electron chi connectivity index (χ4n) is 4.41. The van der Waals surface area contributed by atoms with Crippen molar-refractivity contribution in [3.8, 4) is 0 Å². The summed E-state index contributed by atoms with van der Waals surface area (Å²) in [5.74, 6) is 1.09. The quantitative estimate of drug-likeness (QED) is 0.879. The number of carbonyl (C=O) groups is 2. The molecule has 2 fully saturated rings. The third-order valence-electron chi connectivity index (χ3n) is 5.77. The van der Waals surface area contributed by atoms with Crippen LogP contribution in [-0.2, 0) is 4.79 Å². The van der Waals surface area contributed by atoms with Crippen molar-refractivity contribution in [2.75, 3.05) is 0 Å². The Hall–Kier alpha value is -1.55. The van der Waals surface area contributed by atoms with Gasteiger partial charge in [0.25, 0.3) is 5.91 Å². The lowest BCUT2D eigenvalue weighted by Crippen LogP contribution is -2.58. The molecule has 0 radical (unpaired) electrons. The first-order valence-electron chi connectivity index (χ1n) is 8.87. The van der Waals surface area contributed by atoms with Gasteiger partial charge in [-0.3, -0.25) is 9.59 Å². The first kappa shape index (κ1) is 17.3. The summed E-state index contributed by atoms with van der Waals surface area (Å²) in [4.78, 5) is 24.7. The van der Waals surface area contributed by atoms with E-state index in [0.717, 1.165) is 25.7 Å². The average molecular weight is 349 g/mol. The number of benzene rings is 1. The molecule has 2 aliphatic rings. The van der Waals surface area contributed by atoms with Crippen LogP contribution in [0.5, 0.6) is 0 Å². The highest BCUT2D eigenvalue weighted by molar-refractivity contribution is 6.33. The standard InChI is InChI=1S/C19H25ClN2O2/c1-3-13-11(2)14-9-8-12(10-17(14)22-18(13)23)21-19(24)15-6-4-5-7-16(15)20/h4-7,11-14,17H,3,8-10H2,1-2H3,(H,21,24)(H,22,23). The molecule has 0 spiro atoms. The molecule has 1 saturated carbocycles. The molecule has 5 unspecified atom stereocenters. The minimum absolute atomic E-state index is 0.0840. The fraction of sp³-hybridized carbons (Fsp3) is 0.579. The lowest BCUT2D eigenvalue weighted by Gasteiger charge is -2.46. The van der Waals surface area contributed by atoms with Crippen LogP contribution >= 0.6 is 11.6 Å². The van der Waals surface area contributed by atoms with Crippen LogP contribution < -0.4 is 10.6 Å². The Morgan fingerprint density at radius 1 is 1.33 bits per heavy atom. The van der Waals surface area contributed by atoms with E-state index in [4.69, 9.17) is 11.6 Å². The zero-order valence-electron chi connectivity index (χ0n) is 14.2. The number of piperidine rings is 1. The van der Waals surface area contributed by atoms with E-state index in [1.807, 2.05) is 12.1 Å². The average Bonchev–Trinajstić information content (AvgIpc) is 2.55. The second-order valence-electron chi connectivity index (χ2n) is 7.12. The van der Waals surface area contributed by atoms with Gasteiger partial charge in [0, 0.05) is 18.0 Å².